The predicted octanol–water partition coefficient (Wildman–Crippen LogP) is 4.24. The highest BCUT2D eigenvalue weighted by molar-refractivity contribution is 6.30. The molecule has 128 valence electrons. The molecule has 24 heavy (non-hydrogen) atoms. The normalized spacial score (nSPS) is 17.8. The number of anilines is 1. The van der Waals surface area contributed by atoms with Gasteiger partial charge in [-0.15, -0.1) is 0 Å². The molecule has 0 atom stereocenters. The van der Waals surface area contributed by atoms with Crippen molar-refractivity contribution in [3.63, 3.8) is 0 Å². The third kappa shape index (κ3) is 3.49. The number of alkyl halides is 3. The van der Waals surface area contributed by atoms with Crippen LogP contribution in [0.4, 0.5) is 18.9 Å². The van der Waals surface area contributed by atoms with E-state index in [0.29, 0.717) is 36.6 Å². The molecule has 1 aromatic carbocycles. The van der Waals surface area contributed by atoms with E-state index in [-0.39, 0.29) is 0 Å². The topological polar surface area (TPSA) is 36.4 Å². The number of nitrogens with zero attached hydrogens (tertiary/aromatic N) is 2. The van der Waals surface area contributed by atoms with E-state index in [9.17, 15) is 18.3 Å². The summed E-state index contributed by atoms with van der Waals surface area (Å²) in [6.45, 7) is 0.918. The van der Waals surface area contributed by atoms with Crippen molar-refractivity contribution in [3.05, 3.63) is 58.9 Å². The zero-order valence-electron chi connectivity index (χ0n) is 12.7. The Balaban J connectivity index is 1.74. The molecule has 0 radical (unpaired) electrons. The van der Waals surface area contributed by atoms with Crippen molar-refractivity contribution in [3.8, 4) is 0 Å². The van der Waals surface area contributed by atoms with Crippen LogP contribution < -0.4 is 4.90 Å². The largest absolute Gasteiger partial charge is 0.433 e. The minimum atomic E-state index is -4.46. The van der Waals surface area contributed by atoms with Crippen LogP contribution in [0.2, 0.25) is 5.02 Å². The SMILES string of the molecule is OC1(c2ccc(Cl)cc2)CCN(c2ccnc(C(F)(F)F)c2)CC1. The Morgan fingerprint density at radius 2 is 1.71 bits per heavy atom. The number of benzene rings is 1. The van der Waals surface area contributed by atoms with Crippen molar-refractivity contribution in [2.75, 3.05) is 18.0 Å². The van der Waals surface area contributed by atoms with E-state index in [0.717, 1.165) is 17.8 Å². The van der Waals surface area contributed by atoms with Crippen molar-refractivity contribution < 1.29 is 18.3 Å². The monoisotopic (exact) mass is 356 g/mol. The standard InChI is InChI=1S/C17H16ClF3N2O/c18-13-3-1-12(2-4-13)16(24)6-9-23(10-7-16)14-5-8-22-15(11-14)17(19,20)21/h1-5,8,11,24H,6-7,9-10H2. The quantitative estimate of drug-likeness (QED) is 0.874. The predicted molar refractivity (Wildman–Crippen MR) is 86.0 cm³/mol. The van der Waals surface area contributed by atoms with Gasteiger partial charge in [-0.25, -0.2) is 0 Å². The fraction of sp³-hybridized carbons (Fsp3) is 0.353. The molecular formula is C17H16ClF3N2O. The lowest BCUT2D eigenvalue weighted by atomic mass is 9.84. The molecule has 1 saturated heterocycles. The Hall–Kier alpha value is -1.79. The van der Waals surface area contributed by atoms with E-state index in [1.165, 1.54) is 0 Å². The summed E-state index contributed by atoms with van der Waals surface area (Å²) in [6, 6.07) is 9.62. The Bertz CT molecular complexity index is 711. The summed E-state index contributed by atoms with van der Waals surface area (Å²) >= 11 is 5.86. The van der Waals surface area contributed by atoms with Crippen molar-refractivity contribution in [1.82, 2.24) is 4.98 Å². The van der Waals surface area contributed by atoms with E-state index in [2.05, 4.69) is 4.98 Å². The molecule has 0 amide bonds. The maximum Gasteiger partial charge on any atom is 0.433 e. The van der Waals surface area contributed by atoms with Gasteiger partial charge < -0.3 is 10.0 Å². The zero-order chi connectivity index (χ0) is 17.4. The fourth-order valence-electron chi connectivity index (χ4n) is 2.95. The lowest BCUT2D eigenvalue weighted by Gasteiger charge is -2.39. The molecule has 3 rings (SSSR count). The van der Waals surface area contributed by atoms with Crippen molar-refractivity contribution in [1.29, 1.82) is 0 Å². The van der Waals surface area contributed by atoms with Crippen LogP contribution in [0.25, 0.3) is 0 Å². The average molecular weight is 357 g/mol. The second kappa shape index (κ2) is 6.26. The summed E-state index contributed by atoms with van der Waals surface area (Å²) in [5, 5.41) is 11.4. The minimum absolute atomic E-state index is 0.429. The highest BCUT2D eigenvalue weighted by Crippen LogP contribution is 2.36. The summed E-state index contributed by atoms with van der Waals surface area (Å²) in [7, 11) is 0. The number of piperidine rings is 1. The molecule has 0 unspecified atom stereocenters. The second-order valence-electron chi connectivity index (χ2n) is 5.92. The van der Waals surface area contributed by atoms with Crippen LogP contribution in [0.15, 0.2) is 42.6 Å². The molecule has 1 fully saturated rings. The first-order valence-corrected chi connectivity index (χ1v) is 7.92. The van der Waals surface area contributed by atoms with Gasteiger partial charge in [0.2, 0.25) is 0 Å². The van der Waals surface area contributed by atoms with Crippen LogP contribution in [-0.2, 0) is 11.8 Å². The first kappa shape index (κ1) is 17.0. The van der Waals surface area contributed by atoms with Gasteiger partial charge in [0.05, 0.1) is 5.60 Å². The molecule has 3 nitrogen and oxygen atoms in total. The number of hydrogen-bond acceptors (Lipinski definition) is 3. The maximum absolute atomic E-state index is 12.8. The Labute approximate surface area is 142 Å². The lowest BCUT2D eigenvalue weighted by molar-refractivity contribution is -0.141. The first-order valence-electron chi connectivity index (χ1n) is 7.55. The molecule has 2 aromatic rings. The summed E-state index contributed by atoms with van der Waals surface area (Å²) in [6.07, 6.45) is -2.44. The number of halogens is 4. The van der Waals surface area contributed by atoms with Gasteiger partial charge in [-0.3, -0.25) is 4.98 Å². The number of hydrogen-bond donors (Lipinski definition) is 1. The second-order valence-corrected chi connectivity index (χ2v) is 6.36. The molecule has 0 saturated carbocycles. The van der Waals surface area contributed by atoms with Gasteiger partial charge in [-0.05, 0) is 42.7 Å². The fourth-order valence-corrected chi connectivity index (χ4v) is 3.08. The van der Waals surface area contributed by atoms with Gasteiger partial charge in [0.15, 0.2) is 0 Å². The maximum atomic E-state index is 12.8. The van der Waals surface area contributed by atoms with Crippen molar-refractivity contribution >= 4 is 17.3 Å². The van der Waals surface area contributed by atoms with Crippen LogP contribution in [-0.4, -0.2) is 23.2 Å². The van der Waals surface area contributed by atoms with E-state index >= 15 is 0 Å². The minimum Gasteiger partial charge on any atom is -0.385 e. The number of pyridine rings is 1. The molecule has 1 aromatic heterocycles. The van der Waals surface area contributed by atoms with Crippen LogP contribution in [0.1, 0.15) is 24.1 Å². The average Bonchev–Trinajstić information content (AvgIpc) is 2.55. The summed E-state index contributed by atoms with van der Waals surface area (Å²) in [4.78, 5) is 5.21. The Morgan fingerprint density at radius 1 is 1.08 bits per heavy atom. The number of aliphatic hydroxyl groups is 1. The van der Waals surface area contributed by atoms with Crippen LogP contribution in [0, 0.1) is 0 Å². The van der Waals surface area contributed by atoms with E-state index in [1.807, 2.05) is 4.90 Å². The molecule has 0 aliphatic carbocycles. The Kier molecular flexibility index (Phi) is 4.44. The van der Waals surface area contributed by atoms with Gasteiger partial charge in [-0.1, -0.05) is 23.7 Å². The van der Waals surface area contributed by atoms with Crippen LogP contribution >= 0.6 is 11.6 Å². The molecule has 0 bridgehead atoms. The molecule has 1 aliphatic rings. The third-order valence-electron chi connectivity index (χ3n) is 4.37. The van der Waals surface area contributed by atoms with Crippen molar-refractivity contribution in [2.45, 2.75) is 24.6 Å². The van der Waals surface area contributed by atoms with Crippen molar-refractivity contribution in [2.24, 2.45) is 0 Å². The van der Waals surface area contributed by atoms with Gasteiger partial charge in [-0.2, -0.15) is 13.2 Å². The van der Waals surface area contributed by atoms with E-state index in [1.54, 1.807) is 30.3 Å². The Morgan fingerprint density at radius 3 is 2.29 bits per heavy atom. The zero-order valence-corrected chi connectivity index (χ0v) is 13.5. The highest BCUT2D eigenvalue weighted by Gasteiger charge is 2.36. The van der Waals surface area contributed by atoms with Gasteiger partial charge >= 0.3 is 6.18 Å². The van der Waals surface area contributed by atoms with E-state index in [4.69, 9.17) is 11.6 Å². The summed E-state index contributed by atoms with van der Waals surface area (Å²) < 4.78 is 38.3. The molecule has 1 N–H and O–H groups in total. The first-order chi connectivity index (χ1) is 11.3. The number of rotatable bonds is 2. The highest BCUT2D eigenvalue weighted by atomic mass is 35.5. The van der Waals surface area contributed by atoms with E-state index < -0.39 is 17.5 Å². The van der Waals surface area contributed by atoms with Gasteiger partial charge in [0.25, 0.3) is 0 Å². The van der Waals surface area contributed by atoms with Gasteiger partial charge in [0, 0.05) is 30.0 Å². The van der Waals surface area contributed by atoms with Crippen LogP contribution in [0.5, 0.6) is 0 Å². The molecular weight excluding hydrogens is 341 g/mol. The van der Waals surface area contributed by atoms with Crippen LogP contribution in [0.3, 0.4) is 0 Å². The van der Waals surface area contributed by atoms with Gasteiger partial charge in [0.1, 0.15) is 5.69 Å². The smallest absolute Gasteiger partial charge is 0.385 e. The number of aromatic nitrogens is 1. The summed E-state index contributed by atoms with van der Waals surface area (Å²) in [5.74, 6) is 0. The third-order valence-corrected chi connectivity index (χ3v) is 4.62. The molecule has 1 aliphatic heterocycles. The molecule has 2 heterocycles. The lowest BCUT2D eigenvalue weighted by Crippen LogP contribution is -2.42. The molecule has 0 spiro atoms. The summed E-state index contributed by atoms with van der Waals surface area (Å²) in [5.41, 5.74) is -0.646. The molecule has 7 heteroatoms.